The molecule has 0 N–H and O–H groups in total. The monoisotopic (exact) mass is 384 g/mol. The summed E-state index contributed by atoms with van der Waals surface area (Å²) in [6, 6.07) is 11.4. The Labute approximate surface area is 166 Å². The second kappa shape index (κ2) is 6.55. The van der Waals surface area contributed by atoms with Crippen LogP contribution in [0.1, 0.15) is 66.7 Å². The average Bonchev–Trinajstić information content (AvgIpc) is 3.13. The first-order chi connectivity index (χ1) is 12.8. The third-order valence-electron chi connectivity index (χ3n) is 8.86. The van der Waals surface area contributed by atoms with Crippen LogP contribution in [0.4, 0.5) is 0 Å². The zero-order valence-corrected chi connectivity index (χ0v) is 18.8. The minimum atomic E-state index is -1.85. The highest BCUT2D eigenvalue weighted by Gasteiger charge is 2.70. The molecule has 0 amide bonds. The summed E-state index contributed by atoms with van der Waals surface area (Å²) < 4.78 is 6.80. The van der Waals surface area contributed by atoms with Gasteiger partial charge in [-0.05, 0) is 55.1 Å². The highest BCUT2D eigenvalue weighted by atomic mass is 28.3. The highest BCUT2D eigenvalue weighted by molar-refractivity contribution is 6.95. The summed E-state index contributed by atoms with van der Waals surface area (Å²) in [6.07, 6.45) is 5.07. The molecule has 0 radical (unpaired) electrons. The number of Topliss-reactive ketones (excluding diaryl/α,β-unsaturated/α-hetero) is 1. The molecule has 1 aromatic rings. The van der Waals surface area contributed by atoms with E-state index in [0.717, 1.165) is 32.3 Å². The highest BCUT2D eigenvalue weighted by Crippen LogP contribution is 2.67. The molecule has 1 heterocycles. The van der Waals surface area contributed by atoms with Crippen molar-refractivity contribution in [3.05, 3.63) is 30.3 Å². The largest absolute Gasteiger partial charge is 0.374 e. The quantitative estimate of drug-likeness (QED) is 0.643. The SMILES string of the molecule is CC(C)[Si](c1ccccc1)(C(C)C)[C@@H]1CO[C@]23CCCC(=O)[C@@]2(C)CC[C@H]13. The Bertz CT molecular complexity index is 704. The van der Waals surface area contributed by atoms with Crippen LogP contribution in [0.15, 0.2) is 30.3 Å². The molecule has 27 heavy (non-hydrogen) atoms. The fourth-order valence-electron chi connectivity index (χ4n) is 7.74. The Kier molecular flexibility index (Phi) is 4.71. The first-order valence-corrected chi connectivity index (χ1v) is 13.3. The van der Waals surface area contributed by atoms with E-state index in [1.54, 1.807) is 5.19 Å². The summed E-state index contributed by atoms with van der Waals surface area (Å²) in [6.45, 7) is 12.9. The minimum absolute atomic E-state index is 0.177. The second-order valence-electron chi connectivity index (χ2n) is 10.2. The molecule has 3 fully saturated rings. The lowest BCUT2D eigenvalue weighted by Crippen LogP contribution is -2.60. The van der Waals surface area contributed by atoms with Crippen LogP contribution in [0.25, 0.3) is 0 Å². The van der Waals surface area contributed by atoms with Gasteiger partial charge >= 0.3 is 0 Å². The van der Waals surface area contributed by atoms with E-state index in [-0.39, 0.29) is 11.0 Å². The molecule has 148 valence electrons. The van der Waals surface area contributed by atoms with E-state index in [1.807, 2.05) is 0 Å². The standard InChI is InChI=1S/C24H36O2Si/c1-17(2)27(18(3)4,19-10-7-6-8-11-19)21-16-26-24-14-9-12-22(25)23(24,5)15-13-20(21)24/h6-8,10-11,17-18,20-21H,9,12-16H2,1-5H3/t20-,21-,23-,24+/m1/s1. The van der Waals surface area contributed by atoms with Crippen molar-refractivity contribution in [2.45, 2.75) is 88.9 Å². The second-order valence-corrected chi connectivity index (χ2v) is 15.7. The van der Waals surface area contributed by atoms with Crippen LogP contribution in [0.3, 0.4) is 0 Å². The molecular weight excluding hydrogens is 348 g/mol. The number of carbonyl (C=O) groups is 1. The van der Waals surface area contributed by atoms with Crippen LogP contribution >= 0.6 is 0 Å². The van der Waals surface area contributed by atoms with Gasteiger partial charge in [0.25, 0.3) is 0 Å². The minimum Gasteiger partial charge on any atom is -0.374 e. The van der Waals surface area contributed by atoms with Gasteiger partial charge in [-0.15, -0.1) is 0 Å². The first-order valence-electron chi connectivity index (χ1n) is 11.0. The summed E-state index contributed by atoms with van der Waals surface area (Å²) in [4.78, 5) is 13.0. The molecule has 2 aliphatic carbocycles. The summed E-state index contributed by atoms with van der Waals surface area (Å²) in [5.74, 6) is 1.03. The maximum absolute atomic E-state index is 13.0. The topological polar surface area (TPSA) is 26.3 Å². The van der Waals surface area contributed by atoms with Crippen LogP contribution in [0, 0.1) is 11.3 Å². The van der Waals surface area contributed by atoms with E-state index in [2.05, 4.69) is 65.0 Å². The zero-order chi connectivity index (χ0) is 19.4. The zero-order valence-electron chi connectivity index (χ0n) is 17.8. The summed E-state index contributed by atoms with van der Waals surface area (Å²) in [7, 11) is -1.85. The molecule has 1 aromatic carbocycles. The number of rotatable bonds is 4. The predicted octanol–water partition coefficient (Wildman–Crippen LogP) is 5.47. The fraction of sp³-hybridized carbons (Fsp3) is 0.708. The number of hydrogen-bond acceptors (Lipinski definition) is 2. The van der Waals surface area contributed by atoms with Crippen LogP contribution in [0.5, 0.6) is 0 Å². The number of ketones is 1. The van der Waals surface area contributed by atoms with Gasteiger partial charge in [0.2, 0.25) is 0 Å². The lowest BCUT2D eigenvalue weighted by Gasteiger charge is -2.49. The molecule has 3 aliphatic rings. The smallest absolute Gasteiger partial charge is 0.141 e. The maximum Gasteiger partial charge on any atom is 0.141 e. The van der Waals surface area contributed by atoms with Crippen LogP contribution in [0.2, 0.25) is 16.6 Å². The molecule has 2 nitrogen and oxygen atoms in total. The van der Waals surface area contributed by atoms with E-state index >= 15 is 0 Å². The average molecular weight is 385 g/mol. The van der Waals surface area contributed by atoms with Crippen molar-refractivity contribution in [2.24, 2.45) is 11.3 Å². The number of benzene rings is 1. The van der Waals surface area contributed by atoms with E-state index < -0.39 is 8.07 Å². The third kappa shape index (κ3) is 2.37. The Morgan fingerprint density at radius 1 is 1.07 bits per heavy atom. The maximum atomic E-state index is 13.0. The van der Waals surface area contributed by atoms with E-state index in [9.17, 15) is 4.79 Å². The molecule has 0 aromatic heterocycles. The van der Waals surface area contributed by atoms with Gasteiger partial charge < -0.3 is 4.74 Å². The lowest BCUT2D eigenvalue weighted by atomic mass is 9.63. The van der Waals surface area contributed by atoms with Gasteiger partial charge in [-0.25, -0.2) is 0 Å². The molecule has 4 rings (SSSR count). The van der Waals surface area contributed by atoms with Gasteiger partial charge in [0.15, 0.2) is 0 Å². The molecule has 4 atom stereocenters. The summed E-state index contributed by atoms with van der Waals surface area (Å²) in [5, 5.41) is 1.59. The van der Waals surface area contributed by atoms with Gasteiger partial charge in [0.05, 0.1) is 19.1 Å². The van der Waals surface area contributed by atoms with Gasteiger partial charge in [-0.3, -0.25) is 4.79 Å². The van der Waals surface area contributed by atoms with Crippen molar-refractivity contribution in [1.82, 2.24) is 0 Å². The Hall–Kier alpha value is -0.933. The molecule has 1 aliphatic heterocycles. The number of ether oxygens (including phenoxy) is 1. The number of hydrogen-bond donors (Lipinski definition) is 0. The van der Waals surface area contributed by atoms with Crippen molar-refractivity contribution in [3.8, 4) is 0 Å². The fourth-order valence-corrected chi connectivity index (χ4v) is 14.8. The molecule has 0 unspecified atom stereocenters. The molecule has 2 saturated carbocycles. The molecule has 3 heteroatoms. The first kappa shape index (κ1) is 19.4. The molecular formula is C24H36O2Si. The van der Waals surface area contributed by atoms with E-state index in [4.69, 9.17) is 4.74 Å². The van der Waals surface area contributed by atoms with Crippen molar-refractivity contribution >= 4 is 19.0 Å². The Balaban J connectivity index is 1.83. The predicted molar refractivity (Wildman–Crippen MR) is 114 cm³/mol. The normalized spacial score (nSPS) is 36.3. The summed E-state index contributed by atoms with van der Waals surface area (Å²) >= 11 is 0. The van der Waals surface area contributed by atoms with E-state index in [1.165, 1.54) is 6.42 Å². The van der Waals surface area contributed by atoms with Crippen molar-refractivity contribution < 1.29 is 9.53 Å². The van der Waals surface area contributed by atoms with Crippen LogP contribution in [-0.2, 0) is 9.53 Å². The summed E-state index contributed by atoms with van der Waals surface area (Å²) in [5.41, 5.74) is 1.52. The Morgan fingerprint density at radius 2 is 1.74 bits per heavy atom. The van der Waals surface area contributed by atoms with Gasteiger partial charge in [0, 0.05) is 13.0 Å². The van der Waals surface area contributed by atoms with Crippen LogP contribution in [-0.4, -0.2) is 26.1 Å². The molecule has 1 spiro atoms. The van der Waals surface area contributed by atoms with E-state index in [0.29, 0.717) is 28.3 Å². The third-order valence-corrected chi connectivity index (χ3v) is 15.8. The van der Waals surface area contributed by atoms with Crippen LogP contribution < -0.4 is 5.19 Å². The molecule has 0 bridgehead atoms. The van der Waals surface area contributed by atoms with Crippen molar-refractivity contribution in [2.75, 3.05) is 6.61 Å². The van der Waals surface area contributed by atoms with Gasteiger partial charge in [-0.2, -0.15) is 0 Å². The lowest BCUT2D eigenvalue weighted by molar-refractivity contribution is -0.156. The Morgan fingerprint density at radius 3 is 2.37 bits per heavy atom. The number of carbonyl (C=O) groups excluding carboxylic acids is 1. The molecule has 1 saturated heterocycles. The van der Waals surface area contributed by atoms with Gasteiger partial charge in [-0.1, -0.05) is 63.2 Å². The van der Waals surface area contributed by atoms with Crippen molar-refractivity contribution in [1.29, 1.82) is 0 Å². The van der Waals surface area contributed by atoms with Crippen molar-refractivity contribution in [3.63, 3.8) is 0 Å². The van der Waals surface area contributed by atoms with Gasteiger partial charge in [0.1, 0.15) is 5.78 Å².